The second kappa shape index (κ2) is 10.4. The van der Waals surface area contributed by atoms with Crippen LogP contribution >= 0.6 is 0 Å². The van der Waals surface area contributed by atoms with Crippen molar-refractivity contribution in [2.75, 3.05) is 39.4 Å². The van der Waals surface area contributed by atoms with Crippen LogP contribution in [0, 0.1) is 12.3 Å². The number of nitrogens with zero attached hydrogens (tertiary/aromatic N) is 2. The summed E-state index contributed by atoms with van der Waals surface area (Å²) in [6.45, 7) is 4.80. The van der Waals surface area contributed by atoms with Crippen molar-refractivity contribution in [1.82, 2.24) is 9.80 Å². The molecule has 3 heterocycles. The Labute approximate surface area is 196 Å². The molecule has 0 saturated carbocycles. The molecule has 3 aliphatic rings. The zero-order valence-electron chi connectivity index (χ0n) is 19.5. The number of piperidine rings is 1. The number of aliphatic hydroxyl groups is 1. The number of benzene rings is 2. The van der Waals surface area contributed by atoms with E-state index in [-0.39, 0.29) is 23.8 Å². The zero-order valence-corrected chi connectivity index (χ0v) is 19.5. The molecule has 2 aromatic carbocycles. The van der Waals surface area contributed by atoms with Crippen LogP contribution in [0.25, 0.3) is 0 Å². The lowest BCUT2D eigenvalue weighted by Crippen LogP contribution is -2.44. The van der Waals surface area contributed by atoms with Gasteiger partial charge in [0.1, 0.15) is 12.4 Å². The Morgan fingerprint density at radius 2 is 1.70 bits per heavy atom. The maximum absolute atomic E-state index is 13.3. The third kappa shape index (κ3) is 5.22. The average molecular weight is 451 g/mol. The van der Waals surface area contributed by atoms with Gasteiger partial charge in [0.2, 0.25) is 0 Å². The highest BCUT2D eigenvalue weighted by molar-refractivity contribution is 5.97. The summed E-state index contributed by atoms with van der Waals surface area (Å²) in [7, 11) is 0. The van der Waals surface area contributed by atoms with E-state index < -0.39 is 0 Å². The highest BCUT2D eigenvalue weighted by Gasteiger charge is 2.36. The zero-order chi connectivity index (χ0) is 23.3. The molecule has 1 fully saturated rings. The second-order valence-corrected chi connectivity index (χ2v) is 9.36. The molecule has 33 heavy (non-hydrogen) atoms. The molecule has 0 aromatic heterocycles. The van der Waals surface area contributed by atoms with Crippen molar-refractivity contribution in [3.63, 3.8) is 0 Å². The lowest BCUT2D eigenvalue weighted by atomic mass is 9.75. The van der Waals surface area contributed by atoms with Gasteiger partial charge in [-0.25, -0.2) is 0 Å². The van der Waals surface area contributed by atoms with Crippen LogP contribution in [0.1, 0.15) is 58.4 Å². The number of hydrogen-bond donors (Lipinski definition) is 1. The molecule has 0 radical (unpaired) electrons. The lowest BCUT2D eigenvalue weighted by molar-refractivity contribution is 0.0297. The maximum atomic E-state index is 13.3. The van der Waals surface area contributed by atoms with E-state index in [4.69, 9.17) is 4.74 Å². The monoisotopic (exact) mass is 450 g/mol. The van der Waals surface area contributed by atoms with Gasteiger partial charge in [-0.05, 0) is 61.8 Å². The predicted molar refractivity (Wildman–Crippen MR) is 128 cm³/mol. The molecule has 1 saturated heterocycles. The number of aryl methyl sites for hydroxylation is 1. The number of aliphatic hydroxyl groups excluding tert-OH is 1. The lowest BCUT2D eigenvalue weighted by Gasteiger charge is -2.41. The fourth-order valence-corrected chi connectivity index (χ4v) is 4.98. The van der Waals surface area contributed by atoms with Gasteiger partial charge in [0.15, 0.2) is 0 Å². The van der Waals surface area contributed by atoms with Gasteiger partial charge in [-0.3, -0.25) is 9.59 Å². The molecule has 2 aromatic rings. The number of hydrogen-bond acceptors (Lipinski definition) is 4. The van der Waals surface area contributed by atoms with Gasteiger partial charge in [-0.1, -0.05) is 36.8 Å². The Morgan fingerprint density at radius 1 is 0.970 bits per heavy atom. The van der Waals surface area contributed by atoms with E-state index in [2.05, 4.69) is 0 Å². The number of amides is 2. The van der Waals surface area contributed by atoms with Gasteiger partial charge >= 0.3 is 0 Å². The van der Waals surface area contributed by atoms with Crippen molar-refractivity contribution in [2.24, 2.45) is 5.41 Å². The summed E-state index contributed by atoms with van der Waals surface area (Å²) in [4.78, 5) is 30.3. The molecule has 6 nitrogen and oxygen atoms in total. The fraction of sp³-hybridized carbons (Fsp3) is 0.481. The molecule has 3 aliphatic heterocycles. The number of carbonyl (C=O) groups is 2. The molecular weight excluding hydrogens is 416 g/mol. The minimum Gasteiger partial charge on any atom is -0.491 e. The van der Waals surface area contributed by atoms with Crippen LogP contribution < -0.4 is 4.74 Å². The first kappa shape index (κ1) is 23.3. The molecular formula is C27H34N2O4. The van der Waals surface area contributed by atoms with Crippen molar-refractivity contribution in [1.29, 1.82) is 0 Å². The van der Waals surface area contributed by atoms with Crippen LogP contribution in [0.5, 0.6) is 5.75 Å². The minimum absolute atomic E-state index is 0.00860. The fourth-order valence-electron chi connectivity index (χ4n) is 4.98. The largest absolute Gasteiger partial charge is 0.491 e. The average Bonchev–Trinajstić information content (AvgIpc) is 2.86. The van der Waals surface area contributed by atoms with Crippen LogP contribution in [-0.2, 0) is 0 Å². The molecule has 0 atom stereocenters. The van der Waals surface area contributed by atoms with Gasteiger partial charge in [-0.2, -0.15) is 0 Å². The van der Waals surface area contributed by atoms with Gasteiger partial charge in [-0.15, -0.1) is 0 Å². The number of carbonyl (C=O) groups excluding carboxylic acids is 2. The third-order valence-electron chi connectivity index (χ3n) is 7.23. The van der Waals surface area contributed by atoms with Crippen LogP contribution in [0.4, 0.5) is 0 Å². The molecule has 5 rings (SSSR count). The second-order valence-electron chi connectivity index (χ2n) is 9.36. The first-order valence-electron chi connectivity index (χ1n) is 12.0. The van der Waals surface area contributed by atoms with Gasteiger partial charge < -0.3 is 19.6 Å². The van der Waals surface area contributed by atoms with E-state index in [9.17, 15) is 14.7 Å². The number of ether oxygens (including phenoxy) is 1. The van der Waals surface area contributed by atoms with Crippen molar-refractivity contribution in [3.05, 3.63) is 65.2 Å². The molecule has 2 bridgehead atoms. The molecule has 1 N–H and O–H groups in total. The highest BCUT2D eigenvalue weighted by atomic mass is 16.5. The van der Waals surface area contributed by atoms with Crippen LogP contribution in [-0.4, -0.2) is 66.1 Å². The van der Waals surface area contributed by atoms with Crippen LogP contribution in [0.2, 0.25) is 0 Å². The van der Waals surface area contributed by atoms with Crippen molar-refractivity contribution in [3.8, 4) is 5.75 Å². The molecule has 0 unspecified atom stereocenters. The Morgan fingerprint density at radius 3 is 2.45 bits per heavy atom. The summed E-state index contributed by atoms with van der Waals surface area (Å²) in [5.41, 5.74) is 2.09. The van der Waals surface area contributed by atoms with Crippen molar-refractivity contribution < 1.29 is 19.4 Å². The number of para-hydroxylation sites is 1. The number of rotatable bonds is 2. The SMILES string of the molecule is Cc1ccccc1C(=O)N1CCCCC2(CO)CCN(CC2)C(=O)c2ccccc2OCC1. The summed E-state index contributed by atoms with van der Waals surface area (Å²) in [5.74, 6) is 0.536. The van der Waals surface area contributed by atoms with Gasteiger partial charge in [0, 0.05) is 31.8 Å². The van der Waals surface area contributed by atoms with E-state index in [0.717, 1.165) is 37.7 Å². The molecule has 0 aliphatic carbocycles. The van der Waals surface area contributed by atoms with E-state index in [1.54, 1.807) is 6.07 Å². The molecule has 2 amide bonds. The summed E-state index contributed by atoms with van der Waals surface area (Å²) in [6, 6.07) is 15.0. The molecule has 0 spiro atoms. The Balaban J connectivity index is 1.58. The van der Waals surface area contributed by atoms with Crippen molar-refractivity contribution >= 4 is 11.8 Å². The van der Waals surface area contributed by atoms with E-state index in [0.29, 0.717) is 49.7 Å². The normalized spacial score (nSPS) is 19.3. The van der Waals surface area contributed by atoms with Gasteiger partial charge in [0.25, 0.3) is 11.8 Å². The predicted octanol–water partition coefficient (Wildman–Crippen LogP) is 3.91. The summed E-state index contributed by atoms with van der Waals surface area (Å²) in [5, 5.41) is 10.2. The topological polar surface area (TPSA) is 70.1 Å². The van der Waals surface area contributed by atoms with E-state index >= 15 is 0 Å². The Bertz CT molecular complexity index is 982. The van der Waals surface area contributed by atoms with Crippen LogP contribution in [0.15, 0.2) is 48.5 Å². The highest BCUT2D eigenvalue weighted by Crippen LogP contribution is 2.37. The van der Waals surface area contributed by atoms with Crippen molar-refractivity contribution in [2.45, 2.75) is 39.0 Å². The first-order valence-corrected chi connectivity index (χ1v) is 12.0. The smallest absolute Gasteiger partial charge is 0.257 e. The third-order valence-corrected chi connectivity index (χ3v) is 7.23. The van der Waals surface area contributed by atoms with Gasteiger partial charge in [0.05, 0.1) is 12.1 Å². The van der Waals surface area contributed by atoms with E-state index in [1.165, 1.54) is 0 Å². The molecule has 6 heteroatoms. The summed E-state index contributed by atoms with van der Waals surface area (Å²) < 4.78 is 6.05. The Kier molecular flexibility index (Phi) is 7.33. The maximum Gasteiger partial charge on any atom is 0.257 e. The summed E-state index contributed by atoms with van der Waals surface area (Å²) in [6.07, 6.45) is 4.31. The quantitative estimate of drug-likeness (QED) is 0.753. The minimum atomic E-state index is -0.141. The summed E-state index contributed by atoms with van der Waals surface area (Å²) >= 11 is 0. The standard InChI is InChI=1S/C27H34N2O4/c1-21-8-2-3-9-22(21)25(31)28-15-7-6-12-27(20-30)13-16-29(17-14-27)26(32)23-10-4-5-11-24(23)33-19-18-28/h2-5,8-11,30H,6-7,12-20H2,1H3. The molecule has 176 valence electrons. The van der Waals surface area contributed by atoms with E-state index in [1.807, 2.05) is 59.2 Å². The first-order chi connectivity index (χ1) is 16.0. The van der Waals surface area contributed by atoms with Crippen LogP contribution in [0.3, 0.4) is 0 Å². The Hall–Kier alpha value is -2.86. The number of fused-ring (bicyclic) bond motifs is 9.